The SMILES string of the molecule is COc1ccncc1CCN1CCN(C(=O)c2ccc(NS(=O)(=O)CCN)c(OC(F)(F)F)c2)CC1.[HH]. The van der Waals surface area contributed by atoms with E-state index in [4.69, 9.17) is 10.5 Å². The highest BCUT2D eigenvalue weighted by Gasteiger charge is 2.33. The first-order chi connectivity index (χ1) is 17.0. The first kappa shape index (κ1) is 27.5. The molecule has 1 aromatic heterocycles. The molecular formula is C22H30F3N5O5S. The molecule has 2 heterocycles. The summed E-state index contributed by atoms with van der Waals surface area (Å²) in [5.41, 5.74) is 5.72. The van der Waals surface area contributed by atoms with E-state index in [1.807, 2.05) is 4.72 Å². The zero-order valence-electron chi connectivity index (χ0n) is 19.6. The molecule has 2 aromatic rings. The van der Waals surface area contributed by atoms with E-state index in [0.29, 0.717) is 32.6 Å². The fraction of sp³-hybridized carbons (Fsp3) is 0.455. The lowest BCUT2D eigenvalue weighted by molar-refractivity contribution is -0.274. The minimum Gasteiger partial charge on any atom is -0.496 e. The number of nitrogens with one attached hydrogen (secondary N) is 1. The third kappa shape index (κ3) is 7.70. The summed E-state index contributed by atoms with van der Waals surface area (Å²) in [6.45, 7) is 2.43. The van der Waals surface area contributed by atoms with Crippen molar-refractivity contribution in [3.05, 3.63) is 47.8 Å². The van der Waals surface area contributed by atoms with Crippen LogP contribution in [0.15, 0.2) is 36.7 Å². The number of sulfonamides is 1. The van der Waals surface area contributed by atoms with Gasteiger partial charge in [0, 0.05) is 64.2 Å². The zero-order valence-corrected chi connectivity index (χ0v) is 20.4. The summed E-state index contributed by atoms with van der Waals surface area (Å²) in [5, 5.41) is 0. The standard InChI is InChI=1S/C22H28F3N5O5S.H2/c1-34-19-4-7-27-15-17(19)5-8-29-9-11-30(12-10-29)21(31)16-2-3-18(28-36(32,33)13-6-26)20(14-16)35-22(23,24)25;/h2-4,7,14-15,28H,5-6,8-13,26H2,1H3;1H. The van der Waals surface area contributed by atoms with Gasteiger partial charge in [-0.2, -0.15) is 0 Å². The number of ether oxygens (including phenoxy) is 2. The van der Waals surface area contributed by atoms with Crippen molar-refractivity contribution >= 4 is 21.6 Å². The Morgan fingerprint density at radius 2 is 1.92 bits per heavy atom. The van der Waals surface area contributed by atoms with Crippen molar-refractivity contribution in [1.82, 2.24) is 14.8 Å². The Kier molecular flexibility index (Phi) is 8.98. The van der Waals surface area contributed by atoms with Gasteiger partial charge in [-0.05, 0) is 30.7 Å². The number of carbonyl (C=O) groups excluding carboxylic acids is 1. The molecule has 1 fully saturated rings. The predicted molar refractivity (Wildman–Crippen MR) is 129 cm³/mol. The lowest BCUT2D eigenvalue weighted by Gasteiger charge is -2.35. The third-order valence-electron chi connectivity index (χ3n) is 5.54. The van der Waals surface area contributed by atoms with Crippen molar-refractivity contribution in [1.29, 1.82) is 0 Å². The van der Waals surface area contributed by atoms with Gasteiger partial charge in [0.15, 0.2) is 5.75 Å². The van der Waals surface area contributed by atoms with Crippen LogP contribution in [0.2, 0.25) is 0 Å². The Balaban J connectivity index is 0.00000481. The van der Waals surface area contributed by atoms with Gasteiger partial charge in [-0.25, -0.2) is 8.42 Å². The number of piperazine rings is 1. The van der Waals surface area contributed by atoms with E-state index in [2.05, 4.69) is 14.6 Å². The van der Waals surface area contributed by atoms with Gasteiger partial charge in [-0.3, -0.25) is 19.4 Å². The summed E-state index contributed by atoms with van der Waals surface area (Å²) in [6.07, 6.45) is -0.971. The summed E-state index contributed by atoms with van der Waals surface area (Å²) in [6, 6.07) is 5.00. The third-order valence-corrected chi connectivity index (χ3v) is 6.85. The van der Waals surface area contributed by atoms with E-state index >= 15 is 0 Å². The van der Waals surface area contributed by atoms with Crippen molar-refractivity contribution in [3.8, 4) is 11.5 Å². The quantitative estimate of drug-likeness (QED) is 0.475. The number of benzene rings is 1. The molecule has 0 radical (unpaired) electrons. The Morgan fingerprint density at radius 3 is 2.56 bits per heavy atom. The van der Waals surface area contributed by atoms with E-state index in [9.17, 15) is 26.4 Å². The maximum atomic E-state index is 13.0. The van der Waals surface area contributed by atoms with Crippen molar-refractivity contribution in [3.63, 3.8) is 0 Å². The molecule has 200 valence electrons. The number of rotatable bonds is 10. The van der Waals surface area contributed by atoms with Gasteiger partial charge in [0.1, 0.15) is 5.75 Å². The van der Waals surface area contributed by atoms with Crippen LogP contribution in [0.5, 0.6) is 11.5 Å². The molecule has 0 spiro atoms. The second-order valence-corrected chi connectivity index (χ2v) is 9.88. The average Bonchev–Trinajstić information content (AvgIpc) is 2.82. The van der Waals surface area contributed by atoms with Crippen LogP contribution in [-0.2, 0) is 16.4 Å². The van der Waals surface area contributed by atoms with Crippen molar-refractivity contribution in [2.24, 2.45) is 5.73 Å². The maximum Gasteiger partial charge on any atom is 0.573 e. The number of anilines is 1. The Hall–Kier alpha value is -3.10. The zero-order chi connectivity index (χ0) is 26.3. The highest BCUT2D eigenvalue weighted by molar-refractivity contribution is 7.92. The number of hydrogen-bond acceptors (Lipinski definition) is 8. The molecule has 1 amide bonds. The van der Waals surface area contributed by atoms with E-state index in [0.717, 1.165) is 30.0 Å². The molecule has 14 heteroatoms. The van der Waals surface area contributed by atoms with Gasteiger partial charge in [-0.15, -0.1) is 13.2 Å². The maximum absolute atomic E-state index is 13.0. The van der Waals surface area contributed by atoms with Gasteiger partial charge in [0.05, 0.1) is 18.6 Å². The minimum atomic E-state index is -5.09. The molecule has 36 heavy (non-hydrogen) atoms. The molecular weight excluding hydrogens is 503 g/mol. The molecule has 1 aliphatic rings. The molecule has 0 aliphatic carbocycles. The number of pyridine rings is 1. The minimum absolute atomic E-state index is 0. The number of nitrogens with zero attached hydrogens (tertiary/aromatic N) is 3. The molecule has 10 nitrogen and oxygen atoms in total. The monoisotopic (exact) mass is 533 g/mol. The summed E-state index contributed by atoms with van der Waals surface area (Å²) in [7, 11) is -2.39. The molecule has 0 bridgehead atoms. The van der Waals surface area contributed by atoms with Crippen molar-refractivity contribution in [2.75, 3.05) is 56.9 Å². The number of hydrogen-bond donors (Lipinski definition) is 2. The topological polar surface area (TPSA) is 127 Å². The molecule has 1 aliphatic heterocycles. The number of nitrogens with two attached hydrogens (primary N) is 1. The highest BCUT2D eigenvalue weighted by Crippen LogP contribution is 2.32. The summed E-state index contributed by atoms with van der Waals surface area (Å²) >= 11 is 0. The van der Waals surface area contributed by atoms with Crippen LogP contribution in [0, 0.1) is 0 Å². The van der Waals surface area contributed by atoms with Crippen LogP contribution in [0.1, 0.15) is 17.3 Å². The highest BCUT2D eigenvalue weighted by atomic mass is 32.2. The average molecular weight is 534 g/mol. The fourth-order valence-corrected chi connectivity index (χ4v) is 4.68. The largest absolute Gasteiger partial charge is 0.573 e. The predicted octanol–water partition coefficient (Wildman–Crippen LogP) is 1.94. The molecule has 3 rings (SSSR count). The number of carbonyl (C=O) groups is 1. The Morgan fingerprint density at radius 1 is 1.19 bits per heavy atom. The van der Waals surface area contributed by atoms with Gasteiger partial charge >= 0.3 is 6.36 Å². The van der Waals surface area contributed by atoms with Crippen molar-refractivity contribution in [2.45, 2.75) is 12.8 Å². The first-order valence-corrected chi connectivity index (χ1v) is 12.8. The van der Waals surface area contributed by atoms with Crippen LogP contribution in [0.25, 0.3) is 0 Å². The van der Waals surface area contributed by atoms with E-state index < -0.39 is 39.5 Å². The Bertz CT molecular complexity index is 1160. The van der Waals surface area contributed by atoms with Crippen LogP contribution >= 0.6 is 0 Å². The van der Waals surface area contributed by atoms with Gasteiger partial charge in [0.2, 0.25) is 10.0 Å². The molecule has 0 unspecified atom stereocenters. The normalized spacial score (nSPS) is 15.0. The molecule has 0 atom stereocenters. The van der Waals surface area contributed by atoms with Crippen LogP contribution in [0.4, 0.5) is 18.9 Å². The number of amides is 1. The molecule has 0 saturated carbocycles. The number of alkyl halides is 3. The number of methoxy groups -OCH3 is 1. The molecule has 3 N–H and O–H groups in total. The van der Waals surface area contributed by atoms with Crippen LogP contribution < -0.4 is 19.9 Å². The van der Waals surface area contributed by atoms with E-state index in [1.54, 1.807) is 25.6 Å². The van der Waals surface area contributed by atoms with Crippen LogP contribution in [-0.4, -0.2) is 87.6 Å². The smallest absolute Gasteiger partial charge is 0.496 e. The lowest BCUT2D eigenvalue weighted by Crippen LogP contribution is -2.49. The summed E-state index contributed by atoms with van der Waals surface area (Å²) in [5.74, 6) is -1.04. The number of aromatic nitrogens is 1. The lowest BCUT2D eigenvalue weighted by atomic mass is 10.1. The van der Waals surface area contributed by atoms with Gasteiger partial charge in [0.25, 0.3) is 5.91 Å². The van der Waals surface area contributed by atoms with E-state index in [-0.39, 0.29) is 13.5 Å². The number of halogens is 3. The fourth-order valence-electron chi connectivity index (χ4n) is 3.76. The summed E-state index contributed by atoms with van der Waals surface area (Å²) in [4.78, 5) is 20.8. The van der Waals surface area contributed by atoms with Gasteiger partial charge in [-0.1, -0.05) is 0 Å². The van der Waals surface area contributed by atoms with E-state index in [1.165, 1.54) is 11.0 Å². The van der Waals surface area contributed by atoms with Gasteiger partial charge < -0.3 is 20.1 Å². The summed E-state index contributed by atoms with van der Waals surface area (Å²) < 4.78 is 74.1. The van der Waals surface area contributed by atoms with Crippen LogP contribution in [0.3, 0.4) is 0 Å². The molecule has 1 aromatic carbocycles. The molecule has 1 saturated heterocycles. The van der Waals surface area contributed by atoms with Crippen molar-refractivity contribution < 1.29 is 37.3 Å². The second-order valence-electron chi connectivity index (χ2n) is 8.04. The first-order valence-electron chi connectivity index (χ1n) is 11.1. The second kappa shape index (κ2) is 11.8. The Labute approximate surface area is 208 Å².